The number of nitrogens with one attached hydrogen (secondary N) is 1. The SMILES string of the molecule is CCCCCCCCCCCCCCCCCCCCCCCC(O)CC(=O)NC(COP(=O)(O)OC1C(O)C(O)C(O)C(O)C1O)C(O)CCCCCCCCCCCCCCCCCCC. The van der Waals surface area contributed by atoms with Gasteiger partial charge in [-0.15, -0.1) is 0 Å². The molecule has 14 heteroatoms. The third-order valence-corrected chi connectivity index (χ3v) is 15.2. The summed E-state index contributed by atoms with van der Waals surface area (Å²) < 4.78 is 23.1. The van der Waals surface area contributed by atoms with Crippen molar-refractivity contribution in [1.29, 1.82) is 0 Å². The summed E-state index contributed by atoms with van der Waals surface area (Å²) >= 11 is 0. The molecule has 1 saturated carbocycles. The molecule has 8 unspecified atom stereocenters. The van der Waals surface area contributed by atoms with Crippen LogP contribution in [0.25, 0.3) is 0 Å². The first kappa shape index (κ1) is 65.3. The van der Waals surface area contributed by atoms with Gasteiger partial charge in [-0.1, -0.05) is 258 Å². The Hall–Kier alpha value is -0.700. The Morgan fingerprint density at radius 2 is 0.735 bits per heavy atom. The standard InChI is InChI=1S/C54H108NO12P/c1-3-5-7-9-11-13-15-17-19-21-22-23-24-26-27-29-31-33-35-37-39-41-45(56)43-48(58)55-46(44-66-68(64,65)67-54-52(62)50(60)49(59)51(61)53(54)63)47(57)42-40-38-36-34-32-30-28-25-20-18-16-14-12-10-8-6-4-2/h45-47,49-54,56-57,59-63H,3-44H2,1-2H3,(H,55,58)(H,64,65). The Bertz CT molecular complexity index is 1170. The molecule has 0 aromatic carbocycles. The van der Waals surface area contributed by atoms with E-state index in [1.165, 1.54) is 186 Å². The van der Waals surface area contributed by atoms with Crippen molar-refractivity contribution < 1.29 is 59.0 Å². The van der Waals surface area contributed by atoms with Crippen LogP contribution >= 0.6 is 7.82 Å². The predicted molar refractivity (Wildman–Crippen MR) is 275 cm³/mol. The summed E-state index contributed by atoms with van der Waals surface area (Å²) in [5.41, 5.74) is 0. The normalized spacial score (nSPS) is 22.0. The van der Waals surface area contributed by atoms with Crippen LogP contribution in [-0.2, 0) is 18.4 Å². The zero-order valence-corrected chi connectivity index (χ0v) is 44.4. The van der Waals surface area contributed by atoms with Crippen molar-refractivity contribution in [3.8, 4) is 0 Å². The molecule has 1 aliphatic carbocycles. The summed E-state index contributed by atoms with van der Waals surface area (Å²) in [6, 6.07) is -1.15. The van der Waals surface area contributed by atoms with E-state index in [1.807, 2.05) is 0 Å². The molecule has 0 saturated heterocycles. The number of unbranched alkanes of at least 4 members (excludes halogenated alkanes) is 36. The molecule has 1 aliphatic rings. The van der Waals surface area contributed by atoms with E-state index in [9.17, 15) is 50.0 Å². The van der Waals surface area contributed by atoms with Crippen LogP contribution in [0.5, 0.6) is 0 Å². The highest BCUT2D eigenvalue weighted by atomic mass is 31.2. The van der Waals surface area contributed by atoms with Gasteiger partial charge in [0.25, 0.3) is 0 Å². The summed E-state index contributed by atoms with van der Waals surface area (Å²) in [5, 5.41) is 75.0. The second-order valence-corrected chi connectivity index (χ2v) is 22.1. The topological polar surface area (TPSA) is 226 Å². The molecule has 0 spiro atoms. The second kappa shape index (κ2) is 43.8. The van der Waals surface area contributed by atoms with Crippen molar-refractivity contribution in [3.63, 3.8) is 0 Å². The van der Waals surface area contributed by atoms with Crippen LogP contribution in [0.2, 0.25) is 0 Å². The minimum Gasteiger partial charge on any atom is -0.393 e. The summed E-state index contributed by atoms with van der Waals surface area (Å²) in [6.07, 6.45) is 34.3. The van der Waals surface area contributed by atoms with Gasteiger partial charge in [-0.2, -0.15) is 0 Å². The van der Waals surface area contributed by atoms with Crippen molar-refractivity contribution in [3.05, 3.63) is 0 Å². The van der Waals surface area contributed by atoms with Gasteiger partial charge in [-0.3, -0.25) is 13.8 Å². The molecule has 8 atom stereocenters. The first-order valence-electron chi connectivity index (χ1n) is 28.6. The minimum atomic E-state index is -5.12. The monoisotopic (exact) mass is 994 g/mol. The van der Waals surface area contributed by atoms with Gasteiger partial charge in [0.05, 0.1) is 31.3 Å². The molecule has 0 aromatic rings. The number of phosphoric acid groups is 1. The molecule has 13 nitrogen and oxygen atoms in total. The summed E-state index contributed by atoms with van der Waals surface area (Å²) in [7, 11) is -5.12. The number of aliphatic hydroxyl groups excluding tert-OH is 7. The van der Waals surface area contributed by atoms with E-state index in [-0.39, 0.29) is 12.8 Å². The van der Waals surface area contributed by atoms with Crippen molar-refractivity contribution >= 4 is 13.7 Å². The molecule has 406 valence electrons. The van der Waals surface area contributed by atoms with Crippen molar-refractivity contribution in [2.45, 2.75) is 332 Å². The number of carbonyl (C=O) groups is 1. The second-order valence-electron chi connectivity index (χ2n) is 20.7. The van der Waals surface area contributed by atoms with E-state index >= 15 is 0 Å². The molecule has 1 amide bonds. The van der Waals surface area contributed by atoms with Gasteiger partial charge < -0.3 is 46.0 Å². The molecule has 0 radical (unpaired) electrons. The highest BCUT2D eigenvalue weighted by molar-refractivity contribution is 7.47. The maximum atomic E-state index is 13.1. The molecule has 1 fully saturated rings. The number of hydrogen-bond acceptors (Lipinski definition) is 11. The highest BCUT2D eigenvalue weighted by Gasteiger charge is 2.51. The Kier molecular flexibility index (Phi) is 42.1. The fourth-order valence-corrected chi connectivity index (χ4v) is 10.6. The quantitative estimate of drug-likeness (QED) is 0.0205. The van der Waals surface area contributed by atoms with E-state index < -0.39 is 75.2 Å². The largest absolute Gasteiger partial charge is 0.472 e. The predicted octanol–water partition coefficient (Wildman–Crippen LogP) is 11.5. The van der Waals surface area contributed by atoms with Crippen molar-refractivity contribution in [1.82, 2.24) is 5.32 Å². The van der Waals surface area contributed by atoms with Gasteiger partial charge in [0, 0.05) is 0 Å². The number of aliphatic hydroxyl groups is 7. The summed E-state index contributed by atoms with van der Waals surface area (Å²) in [6.45, 7) is 3.84. The van der Waals surface area contributed by atoms with Gasteiger partial charge >= 0.3 is 7.82 Å². The van der Waals surface area contributed by atoms with Gasteiger partial charge in [0.1, 0.15) is 36.6 Å². The van der Waals surface area contributed by atoms with Gasteiger partial charge in [-0.25, -0.2) is 4.57 Å². The van der Waals surface area contributed by atoms with E-state index in [0.29, 0.717) is 12.8 Å². The average molecular weight is 994 g/mol. The molecule has 1 rings (SSSR count). The molecule has 0 aliphatic heterocycles. The van der Waals surface area contributed by atoms with Crippen LogP contribution in [0, 0.1) is 0 Å². The lowest BCUT2D eigenvalue weighted by molar-refractivity contribution is -0.220. The molecule has 68 heavy (non-hydrogen) atoms. The number of carbonyl (C=O) groups excluding carboxylic acids is 1. The van der Waals surface area contributed by atoms with Gasteiger partial charge in [0.2, 0.25) is 5.91 Å². The van der Waals surface area contributed by atoms with Gasteiger partial charge in [0.15, 0.2) is 0 Å². The van der Waals surface area contributed by atoms with E-state index in [4.69, 9.17) is 9.05 Å². The Balaban J connectivity index is 2.38. The van der Waals surface area contributed by atoms with Crippen LogP contribution in [-0.4, -0.2) is 108 Å². The maximum Gasteiger partial charge on any atom is 0.472 e. The Labute approximate surface area is 415 Å². The molecule has 9 N–H and O–H groups in total. The van der Waals surface area contributed by atoms with Crippen LogP contribution in [0.3, 0.4) is 0 Å². The number of amides is 1. The van der Waals surface area contributed by atoms with Crippen LogP contribution in [0.15, 0.2) is 0 Å². The molecule has 0 aromatic heterocycles. The van der Waals surface area contributed by atoms with Crippen LogP contribution < -0.4 is 5.32 Å². The number of hydrogen-bond donors (Lipinski definition) is 9. The smallest absolute Gasteiger partial charge is 0.393 e. The molecular weight excluding hydrogens is 886 g/mol. The summed E-state index contributed by atoms with van der Waals surface area (Å²) in [4.78, 5) is 23.6. The average Bonchev–Trinajstić information content (AvgIpc) is 3.31. The Morgan fingerprint density at radius 1 is 0.456 bits per heavy atom. The lowest BCUT2D eigenvalue weighted by atomic mass is 9.85. The zero-order chi connectivity index (χ0) is 50.1. The highest BCUT2D eigenvalue weighted by Crippen LogP contribution is 2.47. The fraction of sp³-hybridized carbons (Fsp3) is 0.981. The van der Waals surface area contributed by atoms with Crippen molar-refractivity contribution in [2.75, 3.05) is 6.61 Å². The molecule has 0 heterocycles. The fourth-order valence-electron chi connectivity index (χ4n) is 9.60. The first-order chi connectivity index (χ1) is 32.8. The third-order valence-electron chi connectivity index (χ3n) is 14.2. The molecular formula is C54H108NO12P. The molecule has 0 bridgehead atoms. The lowest BCUT2D eigenvalue weighted by Crippen LogP contribution is -2.64. The van der Waals surface area contributed by atoms with Crippen LogP contribution in [0.1, 0.15) is 277 Å². The van der Waals surface area contributed by atoms with Crippen LogP contribution in [0.4, 0.5) is 0 Å². The van der Waals surface area contributed by atoms with E-state index in [0.717, 1.165) is 51.4 Å². The zero-order valence-electron chi connectivity index (χ0n) is 43.6. The maximum absolute atomic E-state index is 13.1. The number of rotatable bonds is 49. The number of phosphoric ester groups is 1. The summed E-state index contributed by atoms with van der Waals surface area (Å²) in [5.74, 6) is -0.553. The van der Waals surface area contributed by atoms with Gasteiger partial charge in [-0.05, 0) is 12.8 Å². The first-order valence-corrected chi connectivity index (χ1v) is 30.1. The third kappa shape index (κ3) is 34.6. The van der Waals surface area contributed by atoms with Crippen molar-refractivity contribution in [2.24, 2.45) is 0 Å². The lowest BCUT2D eigenvalue weighted by Gasteiger charge is -2.41. The van der Waals surface area contributed by atoms with E-state index in [2.05, 4.69) is 19.2 Å². The minimum absolute atomic E-state index is 0.215. The Morgan fingerprint density at radius 3 is 1.06 bits per heavy atom. The van der Waals surface area contributed by atoms with E-state index in [1.54, 1.807) is 0 Å².